The molecule has 15 heavy (non-hydrogen) atoms. The van der Waals surface area contributed by atoms with Gasteiger partial charge in [0.2, 0.25) is 0 Å². The summed E-state index contributed by atoms with van der Waals surface area (Å²) < 4.78 is 5.16. The Labute approximate surface area is 96.6 Å². The van der Waals surface area contributed by atoms with Crippen LogP contribution in [0.5, 0.6) is 0 Å². The summed E-state index contributed by atoms with van der Waals surface area (Å²) in [5.74, 6) is 0. The first-order valence-electron chi connectivity index (χ1n) is 5.99. The van der Waals surface area contributed by atoms with Crippen molar-refractivity contribution in [3.05, 3.63) is 0 Å². The van der Waals surface area contributed by atoms with E-state index in [1.807, 2.05) is 0 Å². The van der Waals surface area contributed by atoms with E-state index in [0.717, 1.165) is 13.2 Å². The molecule has 2 fully saturated rings. The number of ether oxygens (including phenoxy) is 1. The lowest BCUT2D eigenvalue weighted by Crippen LogP contribution is -2.08. The van der Waals surface area contributed by atoms with Gasteiger partial charge in [-0.05, 0) is 30.1 Å². The zero-order valence-corrected chi connectivity index (χ0v) is 10.4. The largest absolute Gasteiger partial charge is 0.381 e. The molecule has 0 amide bonds. The lowest BCUT2D eigenvalue weighted by Gasteiger charge is -2.13. The predicted octanol–water partition coefficient (Wildman–Crippen LogP) is 4.66. The van der Waals surface area contributed by atoms with Crippen molar-refractivity contribution in [2.75, 3.05) is 13.2 Å². The van der Waals surface area contributed by atoms with E-state index in [1.165, 1.54) is 32.1 Å². The average molecular weight is 214 g/mol. The predicted molar refractivity (Wildman–Crippen MR) is 68.2 cm³/mol. The second-order valence-electron chi connectivity index (χ2n) is 6.34. The number of rotatable bonds is 0. The first-order chi connectivity index (χ1) is 6.41. The summed E-state index contributed by atoms with van der Waals surface area (Å²) in [5.41, 5.74) is 1.17. The number of hydrogen-bond donors (Lipinski definition) is 0. The van der Waals surface area contributed by atoms with Gasteiger partial charge in [-0.3, -0.25) is 0 Å². The second kappa shape index (κ2) is 5.89. The van der Waals surface area contributed by atoms with Gasteiger partial charge >= 0.3 is 0 Å². The zero-order valence-electron chi connectivity index (χ0n) is 10.4. The molecular weight excluding hydrogens is 184 g/mol. The van der Waals surface area contributed by atoms with Gasteiger partial charge < -0.3 is 4.74 Å². The van der Waals surface area contributed by atoms with Crippen molar-refractivity contribution in [3.8, 4) is 0 Å². The normalized spacial score (nSPS) is 26.4. The van der Waals surface area contributed by atoms with Gasteiger partial charge in [-0.2, -0.15) is 0 Å². The van der Waals surface area contributed by atoms with Gasteiger partial charge in [-0.1, -0.05) is 48.0 Å². The Hall–Kier alpha value is -0.0400. The molecule has 0 aromatic heterocycles. The Morgan fingerprint density at radius 1 is 0.800 bits per heavy atom. The van der Waals surface area contributed by atoms with Crippen molar-refractivity contribution in [2.45, 2.75) is 67.2 Å². The zero-order chi connectivity index (χ0) is 10.7. The van der Waals surface area contributed by atoms with Crippen molar-refractivity contribution < 1.29 is 4.74 Å². The van der Waals surface area contributed by atoms with Crippen LogP contribution in [0.3, 0.4) is 0 Å². The first kappa shape index (κ1) is 15.0. The molecule has 0 atom stereocenters. The van der Waals surface area contributed by atoms with Crippen LogP contribution in [0.4, 0.5) is 0 Å². The fourth-order valence-corrected chi connectivity index (χ4v) is 2.10. The third kappa shape index (κ3) is 6.19. The molecular formula is C14H30O. The van der Waals surface area contributed by atoms with Crippen molar-refractivity contribution in [1.82, 2.24) is 0 Å². The molecule has 0 unspecified atom stereocenters. The standard InChI is InChI=1S/C7H14.C6H12O.CH4/c1-7(2)5-3-4-6-7;1-6(2)3-4-7-5-6;/h3-6H2,1-2H3;3-5H2,1-2H3;1H4. The van der Waals surface area contributed by atoms with Crippen LogP contribution in [0.1, 0.15) is 67.2 Å². The minimum absolute atomic E-state index is 0. The molecule has 0 bridgehead atoms. The molecule has 0 radical (unpaired) electrons. The third-order valence-electron chi connectivity index (χ3n) is 3.37. The fourth-order valence-electron chi connectivity index (χ4n) is 2.10. The molecule has 92 valence electrons. The molecule has 2 rings (SSSR count). The van der Waals surface area contributed by atoms with Crippen LogP contribution in [0.25, 0.3) is 0 Å². The van der Waals surface area contributed by atoms with Crippen molar-refractivity contribution >= 4 is 0 Å². The van der Waals surface area contributed by atoms with E-state index < -0.39 is 0 Å². The van der Waals surface area contributed by atoms with E-state index in [1.54, 1.807) is 0 Å². The molecule has 1 nitrogen and oxygen atoms in total. The van der Waals surface area contributed by atoms with E-state index in [0.29, 0.717) is 10.8 Å². The van der Waals surface area contributed by atoms with Crippen LogP contribution in [-0.4, -0.2) is 13.2 Å². The number of hydrogen-bond acceptors (Lipinski definition) is 1. The Bertz CT molecular complexity index is 134. The fraction of sp³-hybridized carbons (Fsp3) is 1.00. The molecule has 1 saturated carbocycles. The maximum absolute atomic E-state index is 5.16. The van der Waals surface area contributed by atoms with Gasteiger partial charge in [0.1, 0.15) is 0 Å². The van der Waals surface area contributed by atoms with E-state index >= 15 is 0 Å². The van der Waals surface area contributed by atoms with Crippen LogP contribution in [0.2, 0.25) is 0 Å². The van der Waals surface area contributed by atoms with E-state index in [-0.39, 0.29) is 7.43 Å². The maximum atomic E-state index is 5.16. The highest BCUT2D eigenvalue weighted by atomic mass is 16.5. The van der Waals surface area contributed by atoms with Crippen LogP contribution in [0.15, 0.2) is 0 Å². The Kier molecular flexibility index (Phi) is 5.87. The van der Waals surface area contributed by atoms with Gasteiger partial charge in [0.25, 0.3) is 0 Å². The van der Waals surface area contributed by atoms with Gasteiger partial charge in [0.15, 0.2) is 0 Å². The first-order valence-corrected chi connectivity index (χ1v) is 5.99. The monoisotopic (exact) mass is 214 g/mol. The highest BCUT2D eigenvalue weighted by Crippen LogP contribution is 2.36. The highest BCUT2D eigenvalue weighted by Gasteiger charge is 2.23. The van der Waals surface area contributed by atoms with Crippen molar-refractivity contribution in [3.63, 3.8) is 0 Å². The summed E-state index contributed by atoms with van der Waals surface area (Å²) in [6, 6.07) is 0. The lowest BCUT2D eigenvalue weighted by molar-refractivity contribution is 0.167. The van der Waals surface area contributed by atoms with Gasteiger partial charge in [-0.15, -0.1) is 0 Å². The molecule has 2 aliphatic rings. The second-order valence-corrected chi connectivity index (χ2v) is 6.34. The SMILES string of the molecule is C.CC1(C)CCCC1.CC1(C)CCOC1. The Morgan fingerprint density at radius 3 is 1.47 bits per heavy atom. The van der Waals surface area contributed by atoms with Crippen LogP contribution in [-0.2, 0) is 4.74 Å². The van der Waals surface area contributed by atoms with E-state index in [9.17, 15) is 0 Å². The van der Waals surface area contributed by atoms with Crippen molar-refractivity contribution in [1.29, 1.82) is 0 Å². The lowest BCUT2D eigenvalue weighted by atomic mass is 9.92. The maximum Gasteiger partial charge on any atom is 0.0517 e. The summed E-state index contributed by atoms with van der Waals surface area (Å²) >= 11 is 0. The molecule has 0 aromatic rings. The Balaban J connectivity index is 0.000000245. The molecule has 1 heterocycles. The van der Waals surface area contributed by atoms with Gasteiger partial charge in [0.05, 0.1) is 6.61 Å². The summed E-state index contributed by atoms with van der Waals surface area (Å²) in [4.78, 5) is 0. The average Bonchev–Trinajstić information content (AvgIpc) is 2.60. The van der Waals surface area contributed by atoms with Crippen molar-refractivity contribution in [2.24, 2.45) is 10.8 Å². The molecule has 1 saturated heterocycles. The van der Waals surface area contributed by atoms with Crippen LogP contribution >= 0.6 is 0 Å². The molecule has 0 aromatic carbocycles. The summed E-state index contributed by atoms with van der Waals surface area (Å²) in [6.45, 7) is 11.1. The molecule has 0 N–H and O–H groups in total. The van der Waals surface area contributed by atoms with Gasteiger partial charge in [-0.25, -0.2) is 0 Å². The van der Waals surface area contributed by atoms with Gasteiger partial charge in [0, 0.05) is 6.61 Å². The minimum atomic E-state index is 0. The topological polar surface area (TPSA) is 9.23 Å². The summed E-state index contributed by atoms with van der Waals surface area (Å²) in [7, 11) is 0. The third-order valence-corrected chi connectivity index (χ3v) is 3.37. The Morgan fingerprint density at radius 2 is 1.33 bits per heavy atom. The van der Waals surface area contributed by atoms with E-state index in [4.69, 9.17) is 4.74 Å². The minimum Gasteiger partial charge on any atom is -0.381 e. The molecule has 1 aliphatic heterocycles. The highest BCUT2D eigenvalue weighted by molar-refractivity contribution is 4.74. The summed E-state index contributed by atoms with van der Waals surface area (Å²) in [6.07, 6.45) is 7.06. The quantitative estimate of drug-likeness (QED) is 0.570. The summed E-state index contributed by atoms with van der Waals surface area (Å²) in [5, 5.41) is 0. The smallest absolute Gasteiger partial charge is 0.0517 e. The van der Waals surface area contributed by atoms with E-state index in [2.05, 4.69) is 27.7 Å². The molecule has 1 heteroatoms. The van der Waals surface area contributed by atoms with Crippen LogP contribution < -0.4 is 0 Å². The van der Waals surface area contributed by atoms with Crippen LogP contribution in [0, 0.1) is 10.8 Å². The molecule has 1 aliphatic carbocycles. The molecule has 0 spiro atoms.